The van der Waals surface area contributed by atoms with Crippen LogP contribution in [-0.4, -0.2) is 29.8 Å². The van der Waals surface area contributed by atoms with E-state index in [9.17, 15) is 9.59 Å². The van der Waals surface area contributed by atoms with Gasteiger partial charge in [-0.2, -0.15) is 0 Å². The third-order valence-electron chi connectivity index (χ3n) is 5.52. The summed E-state index contributed by atoms with van der Waals surface area (Å²) in [6.45, 7) is 1.43. The number of likely N-dealkylation sites (tertiary alicyclic amines) is 1. The Kier molecular flexibility index (Phi) is 6.67. The Morgan fingerprint density at radius 3 is 2.29 bits per heavy atom. The van der Waals surface area contributed by atoms with Crippen LogP contribution in [0.5, 0.6) is 5.75 Å². The predicted molar refractivity (Wildman–Crippen MR) is 116 cm³/mol. The summed E-state index contributed by atoms with van der Waals surface area (Å²) in [5, 5.41) is 2.92. The maximum absolute atomic E-state index is 13.3. The first kappa shape index (κ1) is 20.7. The lowest BCUT2D eigenvalue weighted by Gasteiger charge is -2.33. The van der Waals surface area contributed by atoms with Crippen LogP contribution in [0.1, 0.15) is 30.3 Å². The Labute approximate surface area is 181 Å². The van der Waals surface area contributed by atoms with Crippen LogP contribution in [0.2, 0.25) is 0 Å². The first-order valence-corrected chi connectivity index (χ1v) is 10.6. The number of hydrogen-bond acceptors (Lipinski definition) is 4. The molecule has 1 aliphatic rings. The van der Waals surface area contributed by atoms with Crippen LogP contribution in [-0.2, 0) is 16.1 Å². The average Bonchev–Trinajstić information content (AvgIpc) is 3.36. The van der Waals surface area contributed by atoms with E-state index in [1.807, 2.05) is 66.7 Å². The van der Waals surface area contributed by atoms with E-state index in [1.165, 1.54) is 0 Å². The third kappa shape index (κ3) is 5.34. The minimum Gasteiger partial charge on any atom is -0.476 e. The van der Waals surface area contributed by atoms with Crippen LogP contribution >= 0.6 is 0 Å². The number of nitrogens with zero attached hydrogens (tertiary/aromatic N) is 1. The molecule has 1 N–H and O–H groups in total. The fraction of sp³-hybridized carbons (Fsp3) is 0.280. The lowest BCUT2D eigenvalue weighted by molar-refractivity contribution is -0.142. The number of para-hydroxylation sites is 1. The van der Waals surface area contributed by atoms with Crippen LogP contribution in [0.4, 0.5) is 0 Å². The van der Waals surface area contributed by atoms with Gasteiger partial charge < -0.3 is 19.4 Å². The van der Waals surface area contributed by atoms with E-state index in [4.69, 9.17) is 9.15 Å². The number of hydrogen-bond donors (Lipinski definition) is 1. The zero-order valence-electron chi connectivity index (χ0n) is 17.3. The van der Waals surface area contributed by atoms with Crippen molar-refractivity contribution in [2.45, 2.75) is 25.5 Å². The van der Waals surface area contributed by atoms with E-state index in [1.54, 1.807) is 17.2 Å². The van der Waals surface area contributed by atoms with Crippen molar-refractivity contribution in [1.29, 1.82) is 0 Å². The molecular formula is C25H26N2O4. The van der Waals surface area contributed by atoms with Gasteiger partial charge in [-0.1, -0.05) is 48.5 Å². The zero-order chi connectivity index (χ0) is 21.5. The monoisotopic (exact) mass is 418 g/mol. The number of piperidine rings is 1. The van der Waals surface area contributed by atoms with Gasteiger partial charge in [0.2, 0.25) is 12.0 Å². The summed E-state index contributed by atoms with van der Waals surface area (Å²) in [6.07, 6.45) is 2.13. The number of furan rings is 1. The Balaban J connectivity index is 1.37. The number of benzene rings is 2. The van der Waals surface area contributed by atoms with E-state index in [2.05, 4.69) is 5.32 Å². The van der Waals surface area contributed by atoms with Crippen molar-refractivity contribution >= 4 is 11.8 Å². The van der Waals surface area contributed by atoms with Crippen LogP contribution in [0.25, 0.3) is 0 Å². The summed E-state index contributed by atoms with van der Waals surface area (Å²) in [5.74, 6) is 1.19. The van der Waals surface area contributed by atoms with Gasteiger partial charge >= 0.3 is 0 Å². The minimum atomic E-state index is -0.715. The number of amides is 2. The van der Waals surface area contributed by atoms with Crippen molar-refractivity contribution in [3.63, 3.8) is 0 Å². The fourth-order valence-electron chi connectivity index (χ4n) is 3.78. The second-order valence-electron chi connectivity index (χ2n) is 7.62. The van der Waals surface area contributed by atoms with Gasteiger partial charge in [-0.3, -0.25) is 9.59 Å². The van der Waals surface area contributed by atoms with Crippen molar-refractivity contribution in [3.05, 3.63) is 90.4 Å². The van der Waals surface area contributed by atoms with Crippen molar-refractivity contribution in [2.24, 2.45) is 5.92 Å². The Morgan fingerprint density at radius 1 is 0.968 bits per heavy atom. The molecule has 2 aromatic carbocycles. The number of nitrogens with one attached hydrogen (secondary N) is 1. The lowest BCUT2D eigenvalue weighted by atomic mass is 9.95. The Morgan fingerprint density at radius 2 is 1.65 bits per heavy atom. The third-order valence-corrected chi connectivity index (χ3v) is 5.52. The maximum Gasteiger partial charge on any atom is 0.268 e. The van der Waals surface area contributed by atoms with E-state index < -0.39 is 6.10 Å². The predicted octanol–water partition coefficient (Wildman–Crippen LogP) is 3.95. The van der Waals surface area contributed by atoms with Gasteiger partial charge in [-0.05, 0) is 37.1 Å². The average molecular weight is 418 g/mol. The zero-order valence-corrected chi connectivity index (χ0v) is 17.3. The van der Waals surface area contributed by atoms with Gasteiger partial charge in [-0.25, -0.2) is 0 Å². The maximum atomic E-state index is 13.3. The van der Waals surface area contributed by atoms with Gasteiger partial charge in [0.05, 0.1) is 12.8 Å². The van der Waals surface area contributed by atoms with Crippen molar-refractivity contribution < 1.29 is 18.7 Å². The molecule has 3 aromatic rings. The van der Waals surface area contributed by atoms with Crippen molar-refractivity contribution in [1.82, 2.24) is 10.2 Å². The van der Waals surface area contributed by atoms with Gasteiger partial charge in [0, 0.05) is 24.6 Å². The highest BCUT2D eigenvalue weighted by molar-refractivity contribution is 5.83. The highest BCUT2D eigenvalue weighted by atomic mass is 16.5. The second-order valence-corrected chi connectivity index (χ2v) is 7.62. The molecule has 31 heavy (non-hydrogen) atoms. The summed E-state index contributed by atoms with van der Waals surface area (Å²) >= 11 is 0. The molecule has 2 amide bonds. The van der Waals surface area contributed by atoms with Crippen molar-refractivity contribution in [3.8, 4) is 5.75 Å². The SMILES string of the molecule is O=C(NCc1ccco1)C1CCN(C(=O)C(Oc2ccccc2)c2ccccc2)CC1. The lowest BCUT2D eigenvalue weighted by Crippen LogP contribution is -2.45. The topological polar surface area (TPSA) is 71.8 Å². The first-order chi connectivity index (χ1) is 15.2. The first-order valence-electron chi connectivity index (χ1n) is 10.6. The largest absolute Gasteiger partial charge is 0.476 e. The highest BCUT2D eigenvalue weighted by Gasteiger charge is 2.32. The molecule has 1 atom stereocenters. The van der Waals surface area contributed by atoms with E-state index >= 15 is 0 Å². The van der Waals surface area contributed by atoms with E-state index in [0.29, 0.717) is 38.2 Å². The summed E-state index contributed by atoms with van der Waals surface area (Å²) < 4.78 is 11.3. The normalized spacial score (nSPS) is 15.3. The van der Waals surface area contributed by atoms with Crippen LogP contribution < -0.4 is 10.1 Å². The fourth-order valence-corrected chi connectivity index (χ4v) is 3.78. The molecule has 0 bridgehead atoms. The number of carbonyl (C=O) groups is 2. The Hall–Kier alpha value is -3.54. The Bertz CT molecular complexity index is 965. The highest BCUT2D eigenvalue weighted by Crippen LogP contribution is 2.26. The minimum absolute atomic E-state index is 0.00337. The van der Waals surface area contributed by atoms with Crippen molar-refractivity contribution in [2.75, 3.05) is 13.1 Å². The van der Waals surface area contributed by atoms with Gasteiger partial charge in [0.1, 0.15) is 11.5 Å². The molecule has 0 saturated carbocycles. The molecule has 1 saturated heterocycles. The van der Waals surface area contributed by atoms with E-state index in [0.717, 1.165) is 11.3 Å². The summed E-state index contributed by atoms with van der Waals surface area (Å²) in [5.41, 5.74) is 0.815. The molecule has 1 fully saturated rings. The molecule has 0 spiro atoms. The molecule has 4 rings (SSSR count). The quantitative estimate of drug-likeness (QED) is 0.631. The smallest absolute Gasteiger partial charge is 0.268 e. The van der Waals surface area contributed by atoms with Crippen LogP contribution in [0, 0.1) is 5.92 Å². The molecule has 6 nitrogen and oxygen atoms in total. The summed E-state index contributed by atoms with van der Waals surface area (Å²) in [6, 6.07) is 22.5. The second kappa shape index (κ2) is 9.98. The number of ether oxygens (including phenoxy) is 1. The summed E-state index contributed by atoms with van der Waals surface area (Å²) in [4.78, 5) is 27.6. The standard InChI is InChI=1S/C25H26N2O4/c28-24(26-18-22-12-7-17-30-22)20-13-15-27(16-14-20)25(29)23(19-8-3-1-4-9-19)31-21-10-5-2-6-11-21/h1-12,17,20,23H,13-16,18H2,(H,26,28). The van der Waals surface area contributed by atoms with Gasteiger partial charge in [0.25, 0.3) is 5.91 Å². The number of carbonyl (C=O) groups excluding carboxylic acids is 2. The molecule has 6 heteroatoms. The molecule has 1 aromatic heterocycles. The molecular weight excluding hydrogens is 392 g/mol. The van der Waals surface area contributed by atoms with Gasteiger partial charge in [0.15, 0.2) is 0 Å². The number of rotatable bonds is 7. The van der Waals surface area contributed by atoms with Crippen LogP contribution in [0.3, 0.4) is 0 Å². The molecule has 0 aliphatic carbocycles. The molecule has 1 aliphatic heterocycles. The summed E-state index contributed by atoms with van der Waals surface area (Å²) in [7, 11) is 0. The van der Waals surface area contributed by atoms with Gasteiger partial charge in [-0.15, -0.1) is 0 Å². The molecule has 1 unspecified atom stereocenters. The van der Waals surface area contributed by atoms with Crippen LogP contribution in [0.15, 0.2) is 83.5 Å². The molecule has 160 valence electrons. The molecule has 0 radical (unpaired) electrons. The molecule has 2 heterocycles. The van der Waals surface area contributed by atoms with E-state index in [-0.39, 0.29) is 17.7 Å².